The van der Waals surface area contributed by atoms with Crippen LogP contribution in [0.3, 0.4) is 0 Å². The second kappa shape index (κ2) is 6.43. The van der Waals surface area contributed by atoms with Crippen LogP contribution < -0.4 is 14.2 Å². The van der Waals surface area contributed by atoms with Crippen LogP contribution in [-0.4, -0.2) is 29.5 Å². The number of ether oxygens (including phenoxy) is 3. The maximum Gasteiger partial charge on any atom is 0.233 e. The first-order valence-electron chi connectivity index (χ1n) is 7.19. The minimum Gasteiger partial charge on any atom is -0.486 e. The SMILES string of the molecule is CCOc1ccc(CC[C@@H]2COc3ccccc3O2)nn1. The van der Waals surface area contributed by atoms with E-state index in [1.807, 2.05) is 43.3 Å². The highest BCUT2D eigenvalue weighted by molar-refractivity contribution is 5.40. The molecule has 2 heterocycles. The van der Waals surface area contributed by atoms with E-state index in [4.69, 9.17) is 14.2 Å². The van der Waals surface area contributed by atoms with Crippen LogP contribution in [0.1, 0.15) is 19.0 Å². The van der Waals surface area contributed by atoms with Gasteiger partial charge in [-0.3, -0.25) is 0 Å². The standard InChI is InChI=1S/C16H18N2O3/c1-2-19-16-10-8-12(17-18-16)7-9-13-11-20-14-5-3-4-6-15(14)21-13/h3-6,8,10,13H,2,7,9,11H2,1H3/t13-/m1/s1. The largest absolute Gasteiger partial charge is 0.486 e. The lowest BCUT2D eigenvalue weighted by molar-refractivity contribution is 0.0849. The van der Waals surface area contributed by atoms with E-state index >= 15 is 0 Å². The molecule has 110 valence electrons. The van der Waals surface area contributed by atoms with Gasteiger partial charge < -0.3 is 14.2 Å². The van der Waals surface area contributed by atoms with E-state index in [-0.39, 0.29) is 6.10 Å². The molecule has 0 N–H and O–H groups in total. The average molecular weight is 286 g/mol. The van der Waals surface area contributed by atoms with Crippen molar-refractivity contribution in [3.8, 4) is 17.4 Å². The number of aryl methyl sites for hydroxylation is 1. The first kappa shape index (κ1) is 13.7. The zero-order chi connectivity index (χ0) is 14.5. The molecule has 0 bridgehead atoms. The molecular formula is C16H18N2O3. The highest BCUT2D eigenvalue weighted by Crippen LogP contribution is 2.31. The van der Waals surface area contributed by atoms with Crippen LogP contribution in [0.2, 0.25) is 0 Å². The number of nitrogens with zero attached hydrogens (tertiary/aromatic N) is 2. The van der Waals surface area contributed by atoms with Crippen molar-refractivity contribution in [1.82, 2.24) is 10.2 Å². The fourth-order valence-electron chi connectivity index (χ4n) is 2.22. The number of aromatic nitrogens is 2. The van der Waals surface area contributed by atoms with Gasteiger partial charge in [-0.1, -0.05) is 12.1 Å². The zero-order valence-corrected chi connectivity index (χ0v) is 12.0. The molecular weight excluding hydrogens is 268 g/mol. The Morgan fingerprint density at radius 1 is 1.14 bits per heavy atom. The van der Waals surface area contributed by atoms with E-state index < -0.39 is 0 Å². The van der Waals surface area contributed by atoms with Gasteiger partial charge in [-0.2, -0.15) is 5.10 Å². The van der Waals surface area contributed by atoms with Gasteiger partial charge in [0.15, 0.2) is 11.5 Å². The van der Waals surface area contributed by atoms with Crippen LogP contribution in [0.15, 0.2) is 36.4 Å². The third kappa shape index (κ3) is 3.42. The molecule has 1 aliphatic heterocycles. The summed E-state index contributed by atoms with van der Waals surface area (Å²) in [6.45, 7) is 3.09. The lowest BCUT2D eigenvalue weighted by Gasteiger charge is -2.26. The van der Waals surface area contributed by atoms with Gasteiger partial charge >= 0.3 is 0 Å². The highest BCUT2D eigenvalue weighted by atomic mass is 16.6. The fourth-order valence-corrected chi connectivity index (χ4v) is 2.22. The van der Waals surface area contributed by atoms with E-state index in [2.05, 4.69) is 10.2 Å². The van der Waals surface area contributed by atoms with Crippen LogP contribution in [0.4, 0.5) is 0 Å². The normalized spacial score (nSPS) is 16.5. The monoisotopic (exact) mass is 286 g/mol. The third-order valence-corrected chi connectivity index (χ3v) is 3.28. The van der Waals surface area contributed by atoms with E-state index in [0.29, 0.717) is 19.1 Å². The van der Waals surface area contributed by atoms with Crippen molar-refractivity contribution in [3.63, 3.8) is 0 Å². The minimum atomic E-state index is 0.0493. The summed E-state index contributed by atoms with van der Waals surface area (Å²) in [5, 5.41) is 8.18. The van der Waals surface area contributed by atoms with Gasteiger partial charge in [0.2, 0.25) is 5.88 Å². The van der Waals surface area contributed by atoms with Crippen LogP contribution in [0.5, 0.6) is 17.4 Å². The fraction of sp³-hybridized carbons (Fsp3) is 0.375. The molecule has 2 aromatic rings. The topological polar surface area (TPSA) is 53.5 Å². The van der Waals surface area contributed by atoms with Gasteiger partial charge in [0, 0.05) is 6.07 Å². The smallest absolute Gasteiger partial charge is 0.233 e. The predicted molar refractivity (Wildman–Crippen MR) is 77.9 cm³/mol. The Kier molecular flexibility index (Phi) is 4.19. The Hall–Kier alpha value is -2.30. The summed E-state index contributed by atoms with van der Waals surface area (Å²) in [4.78, 5) is 0. The van der Waals surface area contributed by atoms with E-state index in [9.17, 15) is 0 Å². The van der Waals surface area contributed by atoms with Crippen LogP contribution in [-0.2, 0) is 6.42 Å². The van der Waals surface area contributed by atoms with Crippen molar-refractivity contribution in [2.75, 3.05) is 13.2 Å². The molecule has 0 aliphatic carbocycles. The average Bonchev–Trinajstić information content (AvgIpc) is 2.54. The summed E-state index contributed by atoms with van der Waals surface area (Å²) in [7, 11) is 0. The van der Waals surface area contributed by atoms with Gasteiger partial charge in [-0.15, -0.1) is 5.10 Å². The Labute approximate surface area is 123 Å². The van der Waals surface area contributed by atoms with Gasteiger partial charge in [0.25, 0.3) is 0 Å². The van der Waals surface area contributed by atoms with Crippen molar-refractivity contribution >= 4 is 0 Å². The third-order valence-electron chi connectivity index (χ3n) is 3.28. The Morgan fingerprint density at radius 2 is 2.00 bits per heavy atom. The van der Waals surface area contributed by atoms with E-state index in [1.54, 1.807) is 0 Å². The molecule has 5 nitrogen and oxygen atoms in total. The molecule has 0 unspecified atom stereocenters. The molecule has 0 fully saturated rings. The summed E-state index contributed by atoms with van der Waals surface area (Å²) in [5.74, 6) is 2.19. The number of rotatable bonds is 5. The molecule has 0 spiro atoms. The number of hydrogen-bond acceptors (Lipinski definition) is 5. The molecule has 3 rings (SSSR count). The van der Waals surface area contributed by atoms with Crippen LogP contribution in [0.25, 0.3) is 0 Å². The zero-order valence-electron chi connectivity index (χ0n) is 12.0. The van der Waals surface area contributed by atoms with Crippen molar-refractivity contribution in [2.45, 2.75) is 25.9 Å². The maximum atomic E-state index is 5.92. The molecule has 1 aliphatic rings. The number of fused-ring (bicyclic) bond motifs is 1. The first-order chi connectivity index (χ1) is 10.3. The van der Waals surface area contributed by atoms with Gasteiger partial charge in [0.05, 0.1) is 12.3 Å². The Bertz CT molecular complexity index is 586. The van der Waals surface area contributed by atoms with Gasteiger partial charge in [-0.05, 0) is 38.0 Å². The van der Waals surface area contributed by atoms with Crippen molar-refractivity contribution < 1.29 is 14.2 Å². The first-order valence-corrected chi connectivity index (χ1v) is 7.19. The van der Waals surface area contributed by atoms with Crippen LogP contribution >= 0.6 is 0 Å². The highest BCUT2D eigenvalue weighted by Gasteiger charge is 2.20. The summed E-state index contributed by atoms with van der Waals surface area (Å²) in [6, 6.07) is 11.5. The minimum absolute atomic E-state index is 0.0493. The van der Waals surface area contributed by atoms with Crippen LogP contribution in [0, 0.1) is 0 Å². The molecule has 0 saturated heterocycles. The van der Waals surface area contributed by atoms with Crippen molar-refractivity contribution in [2.24, 2.45) is 0 Å². The molecule has 0 saturated carbocycles. The molecule has 21 heavy (non-hydrogen) atoms. The molecule has 0 radical (unpaired) electrons. The van der Waals surface area contributed by atoms with E-state index in [1.165, 1.54) is 0 Å². The molecule has 1 aromatic carbocycles. The summed E-state index contributed by atoms with van der Waals surface area (Å²) < 4.78 is 16.9. The lowest BCUT2D eigenvalue weighted by atomic mass is 10.1. The lowest BCUT2D eigenvalue weighted by Crippen LogP contribution is -2.29. The second-order valence-corrected chi connectivity index (χ2v) is 4.83. The van der Waals surface area contributed by atoms with Gasteiger partial charge in [0.1, 0.15) is 12.7 Å². The molecule has 0 amide bonds. The number of para-hydroxylation sites is 2. The van der Waals surface area contributed by atoms with Crippen molar-refractivity contribution in [1.29, 1.82) is 0 Å². The Balaban J connectivity index is 1.54. The molecule has 1 atom stereocenters. The number of benzene rings is 1. The molecule has 5 heteroatoms. The molecule has 1 aromatic heterocycles. The van der Waals surface area contributed by atoms with E-state index in [0.717, 1.165) is 30.0 Å². The second-order valence-electron chi connectivity index (χ2n) is 4.83. The summed E-state index contributed by atoms with van der Waals surface area (Å²) in [5.41, 5.74) is 0.931. The Morgan fingerprint density at radius 3 is 2.76 bits per heavy atom. The van der Waals surface area contributed by atoms with Gasteiger partial charge in [-0.25, -0.2) is 0 Å². The van der Waals surface area contributed by atoms with Crippen molar-refractivity contribution in [3.05, 3.63) is 42.1 Å². The quantitative estimate of drug-likeness (QED) is 0.845. The predicted octanol–water partition coefficient (Wildman–Crippen LogP) is 2.65. The summed E-state index contributed by atoms with van der Waals surface area (Å²) in [6.07, 6.45) is 1.69. The summed E-state index contributed by atoms with van der Waals surface area (Å²) >= 11 is 0. The maximum absolute atomic E-state index is 5.92. The number of hydrogen-bond donors (Lipinski definition) is 0.